The molecule has 7 nitrogen and oxygen atoms in total. The van der Waals surface area contributed by atoms with E-state index in [0.717, 1.165) is 44.9 Å². The molecule has 32 heavy (non-hydrogen) atoms. The summed E-state index contributed by atoms with van der Waals surface area (Å²) in [6, 6.07) is 0. The zero-order chi connectivity index (χ0) is 23.8. The largest absolute Gasteiger partial charge is 0.470 e. The summed E-state index contributed by atoms with van der Waals surface area (Å²) in [5.74, 6) is -0.532. The lowest BCUT2D eigenvalue weighted by Gasteiger charge is -2.44. The van der Waals surface area contributed by atoms with Gasteiger partial charge < -0.3 is 26.2 Å². The zero-order valence-electron chi connectivity index (χ0n) is 21.3. The summed E-state index contributed by atoms with van der Waals surface area (Å²) in [5.41, 5.74) is -1.44. The van der Waals surface area contributed by atoms with E-state index in [4.69, 9.17) is 4.52 Å². The van der Waals surface area contributed by atoms with Crippen LogP contribution in [0.4, 0.5) is 0 Å². The Balaban J connectivity index is 0. The van der Waals surface area contributed by atoms with Gasteiger partial charge in [-0.15, -0.1) is 0 Å². The van der Waals surface area contributed by atoms with Gasteiger partial charge in [-0.25, -0.2) is 4.57 Å². The van der Waals surface area contributed by atoms with Gasteiger partial charge in [0.05, 0.1) is 12.2 Å². The van der Waals surface area contributed by atoms with E-state index >= 15 is 0 Å². The van der Waals surface area contributed by atoms with Gasteiger partial charge in [0.2, 0.25) is 0 Å². The Morgan fingerprint density at radius 1 is 0.750 bits per heavy atom. The van der Waals surface area contributed by atoms with Crippen LogP contribution in [0.15, 0.2) is 0 Å². The number of phosphoric ester groups is 1. The van der Waals surface area contributed by atoms with Crippen molar-refractivity contribution in [1.82, 2.24) is 6.15 Å². The lowest BCUT2D eigenvalue weighted by atomic mass is 9.74. The number of aliphatic hydroxyl groups is 2. The van der Waals surface area contributed by atoms with Gasteiger partial charge in [-0.3, -0.25) is 4.52 Å². The summed E-state index contributed by atoms with van der Waals surface area (Å²) in [5, 5.41) is 21.1. The fraction of sp³-hybridized carbons (Fsp3) is 1.00. The molecule has 0 aromatic carbocycles. The first-order valence-corrected chi connectivity index (χ1v) is 14.3. The molecule has 0 aliphatic heterocycles. The summed E-state index contributed by atoms with van der Waals surface area (Å²) in [6.45, 7) is 7.49. The summed E-state index contributed by atoms with van der Waals surface area (Å²) in [6.07, 6.45) is 14.5. The van der Waals surface area contributed by atoms with E-state index in [9.17, 15) is 24.6 Å². The number of unbranched alkanes of at least 4 members (excludes halogenated alkanes) is 12. The van der Waals surface area contributed by atoms with E-state index < -0.39 is 31.5 Å². The third-order valence-electron chi connectivity index (χ3n) is 6.50. The molecule has 0 aromatic rings. The van der Waals surface area contributed by atoms with Crippen LogP contribution in [0.5, 0.6) is 0 Å². The number of phosphoric acid groups is 1. The van der Waals surface area contributed by atoms with E-state index in [1.54, 1.807) is 6.92 Å². The maximum absolute atomic E-state index is 11.8. The minimum Gasteiger partial charge on any atom is -0.393 e. The second-order valence-corrected chi connectivity index (χ2v) is 10.5. The van der Waals surface area contributed by atoms with Gasteiger partial charge in [0, 0.05) is 5.92 Å². The Morgan fingerprint density at radius 3 is 1.53 bits per heavy atom. The Labute approximate surface area is 197 Å². The molecule has 0 aliphatic carbocycles. The molecule has 0 radical (unpaired) electrons. The second-order valence-electron chi connectivity index (χ2n) is 9.34. The van der Waals surface area contributed by atoms with E-state index in [1.165, 1.54) is 45.4 Å². The molecule has 0 heterocycles. The monoisotopic (exact) mass is 483 g/mol. The van der Waals surface area contributed by atoms with Gasteiger partial charge in [0.25, 0.3) is 0 Å². The minimum absolute atomic E-state index is 0. The predicted octanol–water partition coefficient (Wildman–Crippen LogP) is 6.66. The normalized spacial score (nSPS) is 16.8. The molecule has 0 aliphatic rings. The van der Waals surface area contributed by atoms with E-state index in [-0.39, 0.29) is 6.15 Å². The Morgan fingerprint density at radius 2 is 1.16 bits per heavy atom. The number of aliphatic hydroxyl groups excluding tert-OH is 2. The molecule has 0 fully saturated rings. The van der Waals surface area contributed by atoms with Gasteiger partial charge in [-0.05, 0) is 26.7 Å². The van der Waals surface area contributed by atoms with Crippen LogP contribution >= 0.6 is 7.82 Å². The number of rotatable bonds is 21. The van der Waals surface area contributed by atoms with Crippen LogP contribution in [0.3, 0.4) is 0 Å². The van der Waals surface area contributed by atoms with Crippen LogP contribution in [0.25, 0.3) is 0 Å². The van der Waals surface area contributed by atoms with E-state index in [0.29, 0.717) is 19.3 Å². The van der Waals surface area contributed by atoms with Crippen LogP contribution in [-0.2, 0) is 9.09 Å². The molecule has 4 unspecified atom stereocenters. The molecule has 0 saturated carbocycles. The van der Waals surface area contributed by atoms with Gasteiger partial charge in [-0.2, -0.15) is 0 Å². The molecule has 196 valence electrons. The van der Waals surface area contributed by atoms with Crippen molar-refractivity contribution in [2.45, 2.75) is 148 Å². The SMILES string of the molecule is CCCCCCCCCCCCC(OP(=O)(O)O)(C(C)O)C(CCCCCC)C(C)O.N. The Hall–Kier alpha value is -0.0100. The number of hydrogen-bond donors (Lipinski definition) is 5. The standard InChI is InChI=1S/C24H51O6P.H3N/c1-5-7-9-11-12-13-14-15-16-18-20-24(22(4)26,30-31(27,28)29)23(21(3)25)19-17-10-8-6-2;/h21-23,25-26H,5-20H2,1-4H3,(H2,27,28,29);1H3. The zero-order valence-corrected chi connectivity index (χ0v) is 22.2. The quantitative estimate of drug-likeness (QED) is 0.0907. The van der Waals surface area contributed by atoms with Crippen LogP contribution < -0.4 is 6.15 Å². The van der Waals surface area contributed by atoms with E-state index in [2.05, 4.69) is 13.8 Å². The van der Waals surface area contributed by atoms with Crippen molar-refractivity contribution < 1.29 is 29.1 Å². The summed E-state index contributed by atoms with van der Waals surface area (Å²) < 4.78 is 17.1. The van der Waals surface area contributed by atoms with Crippen LogP contribution in [0.1, 0.15) is 130 Å². The van der Waals surface area contributed by atoms with Gasteiger partial charge in [0.15, 0.2) is 0 Å². The molecule has 0 bridgehead atoms. The Bertz CT molecular complexity index is 471. The molecule has 0 saturated heterocycles. The average molecular weight is 484 g/mol. The molecular formula is C24H54NO6P. The molecule has 0 rings (SSSR count). The fourth-order valence-corrected chi connectivity index (χ4v) is 5.51. The van der Waals surface area contributed by atoms with Crippen molar-refractivity contribution in [2.24, 2.45) is 5.92 Å². The summed E-state index contributed by atoms with van der Waals surface area (Å²) >= 11 is 0. The highest BCUT2D eigenvalue weighted by Crippen LogP contribution is 2.49. The molecular weight excluding hydrogens is 429 g/mol. The average Bonchev–Trinajstić information content (AvgIpc) is 2.67. The second kappa shape index (κ2) is 19.3. The molecule has 0 spiro atoms. The maximum atomic E-state index is 11.8. The molecule has 7 N–H and O–H groups in total. The minimum atomic E-state index is -4.83. The predicted molar refractivity (Wildman–Crippen MR) is 133 cm³/mol. The molecule has 4 atom stereocenters. The third-order valence-corrected chi connectivity index (χ3v) is 7.07. The summed E-state index contributed by atoms with van der Waals surface area (Å²) in [4.78, 5) is 19.2. The topological polar surface area (TPSA) is 142 Å². The van der Waals surface area contributed by atoms with Crippen molar-refractivity contribution in [1.29, 1.82) is 0 Å². The van der Waals surface area contributed by atoms with Crippen molar-refractivity contribution in [3.8, 4) is 0 Å². The van der Waals surface area contributed by atoms with Crippen LogP contribution in [-0.4, -0.2) is 37.8 Å². The van der Waals surface area contributed by atoms with Crippen LogP contribution in [0.2, 0.25) is 0 Å². The van der Waals surface area contributed by atoms with Crippen molar-refractivity contribution >= 4 is 7.82 Å². The lowest BCUT2D eigenvalue weighted by Crippen LogP contribution is -2.53. The van der Waals surface area contributed by atoms with E-state index in [1.807, 2.05) is 0 Å². The third kappa shape index (κ3) is 15.0. The molecule has 8 heteroatoms. The first-order chi connectivity index (χ1) is 14.6. The van der Waals surface area contributed by atoms with Gasteiger partial charge in [-0.1, -0.05) is 104 Å². The highest BCUT2D eigenvalue weighted by Gasteiger charge is 2.49. The van der Waals surface area contributed by atoms with Crippen molar-refractivity contribution in [3.05, 3.63) is 0 Å². The molecule has 0 aromatic heterocycles. The highest BCUT2D eigenvalue weighted by molar-refractivity contribution is 7.46. The van der Waals surface area contributed by atoms with Gasteiger partial charge in [0.1, 0.15) is 5.60 Å². The smallest absolute Gasteiger partial charge is 0.393 e. The molecule has 0 amide bonds. The van der Waals surface area contributed by atoms with Gasteiger partial charge >= 0.3 is 7.82 Å². The van der Waals surface area contributed by atoms with Crippen molar-refractivity contribution in [3.63, 3.8) is 0 Å². The fourth-order valence-electron chi connectivity index (χ4n) is 4.69. The number of hydrogen-bond acceptors (Lipinski definition) is 5. The summed E-state index contributed by atoms with van der Waals surface area (Å²) in [7, 11) is -4.83. The highest BCUT2D eigenvalue weighted by atomic mass is 31.2. The lowest BCUT2D eigenvalue weighted by molar-refractivity contribution is -0.134. The first kappa shape index (κ1) is 34.2. The van der Waals surface area contributed by atoms with Crippen LogP contribution in [0, 0.1) is 5.92 Å². The maximum Gasteiger partial charge on any atom is 0.470 e. The Kier molecular flexibility index (Phi) is 20.6. The first-order valence-electron chi connectivity index (χ1n) is 12.7. The van der Waals surface area contributed by atoms with Crippen molar-refractivity contribution in [2.75, 3.05) is 0 Å².